The SMILES string of the molecule is COc1cc(CNC(=O)[C@@H](Cl)c2ccc(F)cc2)ccc1OCc1ccccc1F. The van der Waals surface area contributed by atoms with Crippen molar-refractivity contribution in [3.63, 3.8) is 0 Å². The van der Waals surface area contributed by atoms with Gasteiger partial charge in [0.1, 0.15) is 23.6 Å². The fourth-order valence-corrected chi connectivity index (χ4v) is 3.00. The van der Waals surface area contributed by atoms with Crippen LogP contribution in [0.1, 0.15) is 22.1 Å². The summed E-state index contributed by atoms with van der Waals surface area (Å²) in [5.74, 6) is -0.224. The maximum Gasteiger partial charge on any atom is 0.242 e. The molecule has 0 aromatic heterocycles. The van der Waals surface area contributed by atoms with Crippen molar-refractivity contribution in [1.29, 1.82) is 0 Å². The monoisotopic (exact) mass is 431 g/mol. The van der Waals surface area contributed by atoms with Crippen LogP contribution in [-0.4, -0.2) is 13.0 Å². The highest BCUT2D eigenvalue weighted by molar-refractivity contribution is 6.30. The Morgan fingerprint density at radius 3 is 2.47 bits per heavy atom. The van der Waals surface area contributed by atoms with Crippen molar-refractivity contribution < 1.29 is 23.0 Å². The third kappa shape index (κ3) is 5.48. The summed E-state index contributed by atoms with van der Waals surface area (Å²) in [4.78, 5) is 12.3. The molecule has 0 radical (unpaired) electrons. The van der Waals surface area contributed by atoms with Crippen LogP contribution in [0.4, 0.5) is 8.78 Å². The van der Waals surface area contributed by atoms with E-state index < -0.39 is 17.1 Å². The number of benzene rings is 3. The van der Waals surface area contributed by atoms with Crippen molar-refractivity contribution in [2.45, 2.75) is 18.5 Å². The largest absolute Gasteiger partial charge is 0.493 e. The van der Waals surface area contributed by atoms with E-state index in [1.165, 1.54) is 37.4 Å². The second-order valence-corrected chi connectivity index (χ2v) is 6.93. The molecule has 7 heteroatoms. The fourth-order valence-electron chi connectivity index (χ4n) is 2.77. The van der Waals surface area contributed by atoms with Crippen molar-refractivity contribution in [3.05, 3.63) is 95.1 Å². The summed E-state index contributed by atoms with van der Waals surface area (Å²) in [5.41, 5.74) is 1.70. The molecule has 3 aromatic carbocycles. The van der Waals surface area contributed by atoms with Gasteiger partial charge in [0.2, 0.25) is 5.91 Å². The topological polar surface area (TPSA) is 47.6 Å². The summed E-state index contributed by atoms with van der Waals surface area (Å²) in [7, 11) is 1.50. The number of rotatable bonds is 8. The third-order valence-electron chi connectivity index (χ3n) is 4.43. The standard InChI is InChI=1S/C23H20ClF2NO3/c1-29-21-12-15(6-11-20(21)30-14-17-4-2-3-5-19(17)26)13-27-23(28)22(24)16-7-9-18(25)10-8-16/h2-12,22H,13-14H2,1H3,(H,27,28)/t22-/m0/s1. The van der Waals surface area contributed by atoms with Crippen molar-refractivity contribution in [1.82, 2.24) is 5.32 Å². The zero-order valence-corrected chi connectivity index (χ0v) is 17.0. The van der Waals surface area contributed by atoms with Crippen LogP contribution in [0.5, 0.6) is 11.5 Å². The highest BCUT2D eigenvalue weighted by Crippen LogP contribution is 2.29. The molecule has 0 unspecified atom stereocenters. The van der Waals surface area contributed by atoms with Gasteiger partial charge in [0.15, 0.2) is 11.5 Å². The lowest BCUT2D eigenvalue weighted by Crippen LogP contribution is -2.26. The Bertz CT molecular complexity index is 1010. The van der Waals surface area contributed by atoms with Crippen LogP contribution in [0, 0.1) is 11.6 Å². The van der Waals surface area contributed by atoms with Crippen LogP contribution in [0.3, 0.4) is 0 Å². The van der Waals surface area contributed by atoms with E-state index in [0.29, 0.717) is 22.6 Å². The molecule has 0 bridgehead atoms. The normalized spacial score (nSPS) is 11.6. The number of carbonyl (C=O) groups is 1. The first-order chi connectivity index (χ1) is 14.5. The molecule has 0 spiro atoms. The van der Waals surface area contributed by atoms with Crippen LogP contribution < -0.4 is 14.8 Å². The van der Waals surface area contributed by atoms with Gasteiger partial charge >= 0.3 is 0 Å². The summed E-state index contributed by atoms with van der Waals surface area (Å²) in [5, 5.41) is 1.80. The minimum atomic E-state index is -0.934. The first kappa shape index (κ1) is 21.6. The van der Waals surface area contributed by atoms with Crippen LogP contribution >= 0.6 is 11.6 Å². The number of amides is 1. The predicted octanol–water partition coefficient (Wildman–Crippen LogP) is 5.15. The smallest absolute Gasteiger partial charge is 0.242 e. The second kappa shape index (κ2) is 10.1. The maximum absolute atomic E-state index is 13.7. The summed E-state index contributed by atoms with van der Waals surface area (Å²) >= 11 is 6.16. The number of ether oxygens (including phenoxy) is 2. The average molecular weight is 432 g/mol. The Hall–Kier alpha value is -3.12. The van der Waals surface area contributed by atoms with Gasteiger partial charge in [0.25, 0.3) is 0 Å². The molecule has 0 saturated heterocycles. The Kier molecular flexibility index (Phi) is 7.25. The lowest BCUT2D eigenvalue weighted by molar-refractivity contribution is -0.121. The summed E-state index contributed by atoms with van der Waals surface area (Å²) in [6, 6.07) is 17.0. The van der Waals surface area contributed by atoms with E-state index in [-0.39, 0.29) is 19.0 Å². The van der Waals surface area contributed by atoms with E-state index in [2.05, 4.69) is 5.32 Å². The van der Waals surface area contributed by atoms with Gasteiger partial charge < -0.3 is 14.8 Å². The average Bonchev–Trinajstić information content (AvgIpc) is 2.77. The van der Waals surface area contributed by atoms with Gasteiger partial charge in [-0.25, -0.2) is 8.78 Å². The Labute approximate surface area is 178 Å². The number of hydrogen-bond acceptors (Lipinski definition) is 3. The molecule has 1 amide bonds. The second-order valence-electron chi connectivity index (χ2n) is 6.50. The molecular formula is C23H20ClF2NO3. The van der Waals surface area contributed by atoms with E-state index >= 15 is 0 Å². The fraction of sp³-hybridized carbons (Fsp3) is 0.174. The molecule has 0 aliphatic rings. The van der Waals surface area contributed by atoms with Gasteiger partial charge in [0.05, 0.1) is 7.11 Å². The van der Waals surface area contributed by atoms with Crippen molar-refractivity contribution in [2.24, 2.45) is 0 Å². The molecule has 4 nitrogen and oxygen atoms in total. The molecule has 3 rings (SSSR count). The molecule has 156 valence electrons. The van der Waals surface area contributed by atoms with Crippen LogP contribution in [0.15, 0.2) is 66.7 Å². The first-order valence-electron chi connectivity index (χ1n) is 9.18. The lowest BCUT2D eigenvalue weighted by atomic mass is 10.1. The van der Waals surface area contributed by atoms with Gasteiger partial charge in [-0.05, 0) is 41.5 Å². The number of alkyl halides is 1. The molecule has 3 aromatic rings. The molecule has 1 atom stereocenters. The van der Waals surface area contributed by atoms with Gasteiger partial charge in [-0.3, -0.25) is 4.79 Å². The number of carbonyl (C=O) groups excluding carboxylic acids is 1. The van der Waals surface area contributed by atoms with E-state index in [0.717, 1.165) is 5.56 Å². The Morgan fingerprint density at radius 1 is 1.03 bits per heavy atom. The molecule has 0 fully saturated rings. The zero-order chi connectivity index (χ0) is 21.5. The number of halogens is 3. The molecule has 30 heavy (non-hydrogen) atoms. The first-order valence-corrected chi connectivity index (χ1v) is 9.62. The van der Waals surface area contributed by atoms with Crippen molar-refractivity contribution in [2.75, 3.05) is 7.11 Å². The van der Waals surface area contributed by atoms with E-state index in [1.54, 1.807) is 36.4 Å². The number of nitrogens with one attached hydrogen (secondary N) is 1. The van der Waals surface area contributed by atoms with Crippen molar-refractivity contribution in [3.8, 4) is 11.5 Å². The minimum absolute atomic E-state index is 0.0602. The highest BCUT2D eigenvalue weighted by atomic mass is 35.5. The molecular weight excluding hydrogens is 412 g/mol. The third-order valence-corrected chi connectivity index (χ3v) is 4.88. The maximum atomic E-state index is 13.7. The highest BCUT2D eigenvalue weighted by Gasteiger charge is 2.17. The number of methoxy groups -OCH3 is 1. The minimum Gasteiger partial charge on any atom is -0.493 e. The Morgan fingerprint density at radius 2 is 1.77 bits per heavy atom. The van der Waals surface area contributed by atoms with E-state index in [4.69, 9.17) is 21.1 Å². The van der Waals surface area contributed by atoms with Crippen LogP contribution in [0.25, 0.3) is 0 Å². The molecule has 1 N–H and O–H groups in total. The Balaban J connectivity index is 1.61. The number of hydrogen-bond donors (Lipinski definition) is 1. The molecule has 0 saturated carbocycles. The van der Waals surface area contributed by atoms with Gasteiger partial charge in [0, 0.05) is 12.1 Å². The quantitative estimate of drug-likeness (QED) is 0.502. The van der Waals surface area contributed by atoms with Gasteiger partial charge in [-0.1, -0.05) is 36.4 Å². The summed E-state index contributed by atoms with van der Waals surface area (Å²) in [6.45, 7) is 0.276. The summed E-state index contributed by atoms with van der Waals surface area (Å²) in [6.07, 6.45) is 0. The molecule has 0 heterocycles. The van der Waals surface area contributed by atoms with E-state index in [1.807, 2.05) is 0 Å². The van der Waals surface area contributed by atoms with Gasteiger partial charge in [-0.2, -0.15) is 0 Å². The molecule has 0 aliphatic carbocycles. The van der Waals surface area contributed by atoms with Crippen LogP contribution in [-0.2, 0) is 17.9 Å². The lowest BCUT2D eigenvalue weighted by Gasteiger charge is -2.14. The zero-order valence-electron chi connectivity index (χ0n) is 16.2. The predicted molar refractivity (Wildman–Crippen MR) is 111 cm³/mol. The summed E-state index contributed by atoms with van der Waals surface area (Å²) < 4.78 is 37.8. The van der Waals surface area contributed by atoms with Crippen LogP contribution in [0.2, 0.25) is 0 Å². The van der Waals surface area contributed by atoms with Gasteiger partial charge in [-0.15, -0.1) is 11.6 Å². The molecule has 0 aliphatic heterocycles. The van der Waals surface area contributed by atoms with Crippen molar-refractivity contribution >= 4 is 17.5 Å². The van der Waals surface area contributed by atoms with E-state index in [9.17, 15) is 13.6 Å².